The number of esters is 1. The van der Waals surface area contributed by atoms with Gasteiger partial charge in [0.2, 0.25) is 0 Å². The highest BCUT2D eigenvalue weighted by Crippen LogP contribution is 2.32. The Morgan fingerprint density at radius 3 is 3.05 bits per heavy atom. The largest absolute Gasteiger partial charge is 0.462 e. The molecule has 1 aromatic carbocycles. The average Bonchev–Trinajstić information content (AvgIpc) is 2.97. The van der Waals surface area contributed by atoms with Crippen LogP contribution >= 0.6 is 23.4 Å². The highest BCUT2D eigenvalue weighted by Gasteiger charge is 2.33. The molecule has 1 aliphatic rings. The molecular weight excluding hydrogens is 296 g/mol. The second-order valence-corrected chi connectivity index (χ2v) is 6.26. The first kappa shape index (κ1) is 13.5. The first-order chi connectivity index (χ1) is 9.63. The van der Waals surface area contributed by atoms with Gasteiger partial charge in [0.1, 0.15) is 11.4 Å². The van der Waals surface area contributed by atoms with Gasteiger partial charge in [-0.15, -0.1) is 0 Å². The summed E-state index contributed by atoms with van der Waals surface area (Å²) < 4.78 is 7.09. The summed E-state index contributed by atoms with van der Waals surface area (Å²) in [6, 6.07) is 7.53. The number of ether oxygens (including phenoxy) is 1. The topological polar surface area (TPSA) is 44.1 Å². The number of hydrogen-bond acceptors (Lipinski definition) is 4. The fourth-order valence-electron chi connectivity index (χ4n) is 2.14. The molecule has 3 rings (SSSR count). The summed E-state index contributed by atoms with van der Waals surface area (Å²) in [5.74, 6) is -0.164. The molecule has 0 aliphatic carbocycles. The summed E-state index contributed by atoms with van der Waals surface area (Å²) >= 11 is 7.44. The van der Waals surface area contributed by atoms with Gasteiger partial charge in [0.25, 0.3) is 0 Å². The predicted molar refractivity (Wildman–Crippen MR) is 78.4 cm³/mol. The Morgan fingerprint density at radius 2 is 2.35 bits per heavy atom. The number of cyclic esters (lactones) is 1. The van der Waals surface area contributed by atoms with Gasteiger partial charge in [-0.2, -0.15) is 0 Å². The number of carbonyl (C=O) groups excluding carboxylic acids is 1. The quantitative estimate of drug-likeness (QED) is 0.816. The minimum absolute atomic E-state index is 0.0189. The molecule has 1 aliphatic heterocycles. The molecule has 2 unspecified atom stereocenters. The Kier molecular flexibility index (Phi) is 3.72. The standard InChI is InChI=1S/C14H13ClN2O2S/c1-9-7-12(13(18)19-9)20-14-16-5-6-17(14)11-4-2-3-10(15)8-11/h2-6,8-9,12H,7H2,1H3. The summed E-state index contributed by atoms with van der Waals surface area (Å²) in [7, 11) is 0. The smallest absolute Gasteiger partial charge is 0.319 e. The van der Waals surface area contributed by atoms with E-state index in [1.54, 1.807) is 6.20 Å². The molecule has 4 nitrogen and oxygen atoms in total. The van der Waals surface area contributed by atoms with Crippen molar-refractivity contribution < 1.29 is 9.53 Å². The Morgan fingerprint density at radius 1 is 1.50 bits per heavy atom. The number of benzene rings is 1. The summed E-state index contributed by atoms with van der Waals surface area (Å²) in [4.78, 5) is 16.0. The SMILES string of the molecule is CC1CC(Sc2nccn2-c2cccc(Cl)c2)C(=O)O1. The molecule has 1 fully saturated rings. The van der Waals surface area contributed by atoms with Crippen molar-refractivity contribution in [2.45, 2.75) is 29.9 Å². The third kappa shape index (κ3) is 2.69. The molecule has 0 saturated carbocycles. The number of rotatable bonds is 3. The van der Waals surface area contributed by atoms with Gasteiger partial charge >= 0.3 is 5.97 Å². The number of carbonyl (C=O) groups is 1. The summed E-state index contributed by atoms with van der Waals surface area (Å²) in [5, 5.41) is 1.25. The van der Waals surface area contributed by atoms with Gasteiger partial charge in [-0.3, -0.25) is 9.36 Å². The Bertz CT molecular complexity index is 644. The Balaban J connectivity index is 1.86. The molecule has 2 aromatic rings. The van der Waals surface area contributed by atoms with Gasteiger partial charge in [-0.25, -0.2) is 4.98 Å². The number of halogens is 1. The zero-order valence-corrected chi connectivity index (χ0v) is 12.4. The van der Waals surface area contributed by atoms with Crippen LogP contribution in [0.3, 0.4) is 0 Å². The van der Waals surface area contributed by atoms with Crippen molar-refractivity contribution in [1.29, 1.82) is 0 Å². The van der Waals surface area contributed by atoms with Crippen molar-refractivity contribution in [3.63, 3.8) is 0 Å². The molecule has 1 aromatic heterocycles. The highest BCUT2D eigenvalue weighted by atomic mass is 35.5. The van der Waals surface area contributed by atoms with Crippen LogP contribution in [0.25, 0.3) is 5.69 Å². The molecule has 0 bridgehead atoms. The summed E-state index contributed by atoms with van der Waals surface area (Å²) in [6.45, 7) is 1.90. The second-order valence-electron chi connectivity index (χ2n) is 4.65. The van der Waals surface area contributed by atoms with Gasteiger partial charge in [0, 0.05) is 29.5 Å². The third-order valence-electron chi connectivity index (χ3n) is 3.07. The fourth-order valence-corrected chi connectivity index (χ4v) is 3.50. The first-order valence-electron chi connectivity index (χ1n) is 6.30. The van der Waals surface area contributed by atoms with Crippen LogP contribution in [0, 0.1) is 0 Å². The lowest BCUT2D eigenvalue weighted by Crippen LogP contribution is -2.10. The molecule has 0 radical (unpaired) electrons. The van der Waals surface area contributed by atoms with Crippen molar-refractivity contribution in [2.75, 3.05) is 0 Å². The van der Waals surface area contributed by atoms with Gasteiger partial charge in [0.15, 0.2) is 5.16 Å². The molecule has 0 amide bonds. The average molecular weight is 309 g/mol. The third-order valence-corrected chi connectivity index (χ3v) is 4.48. The van der Waals surface area contributed by atoms with Crippen LogP contribution in [0.15, 0.2) is 41.8 Å². The van der Waals surface area contributed by atoms with Gasteiger partial charge in [-0.1, -0.05) is 29.4 Å². The van der Waals surface area contributed by atoms with Crippen molar-refractivity contribution in [3.8, 4) is 5.69 Å². The van der Waals surface area contributed by atoms with Crippen LogP contribution in [-0.2, 0) is 9.53 Å². The van der Waals surface area contributed by atoms with E-state index in [-0.39, 0.29) is 17.3 Å². The molecule has 20 heavy (non-hydrogen) atoms. The molecule has 0 spiro atoms. The van der Waals surface area contributed by atoms with Crippen molar-refractivity contribution in [3.05, 3.63) is 41.7 Å². The van der Waals surface area contributed by atoms with E-state index < -0.39 is 0 Å². The van der Waals surface area contributed by atoms with Crippen LogP contribution in [0.4, 0.5) is 0 Å². The van der Waals surface area contributed by atoms with Crippen LogP contribution in [0.2, 0.25) is 5.02 Å². The number of imidazole rings is 1. The number of nitrogens with zero attached hydrogens (tertiary/aromatic N) is 2. The fraction of sp³-hybridized carbons (Fsp3) is 0.286. The van der Waals surface area contributed by atoms with Crippen LogP contribution in [-0.4, -0.2) is 26.9 Å². The molecule has 2 heterocycles. The zero-order chi connectivity index (χ0) is 14.1. The molecule has 104 valence electrons. The Hall–Kier alpha value is -1.46. The van der Waals surface area contributed by atoms with E-state index >= 15 is 0 Å². The second kappa shape index (κ2) is 5.50. The zero-order valence-electron chi connectivity index (χ0n) is 10.8. The minimum Gasteiger partial charge on any atom is -0.462 e. The summed E-state index contributed by atoms with van der Waals surface area (Å²) in [6.07, 6.45) is 4.27. The van der Waals surface area contributed by atoms with E-state index in [2.05, 4.69) is 4.98 Å². The monoisotopic (exact) mass is 308 g/mol. The van der Waals surface area contributed by atoms with E-state index in [0.717, 1.165) is 10.8 Å². The van der Waals surface area contributed by atoms with Gasteiger partial charge < -0.3 is 4.74 Å². The normalized spacial score (nSPS) is 22.0. The number of aromatic nitrogens is 2. The molecule has 2 atom stereocenters. The minimum atomic E-state index is -0.190. The van der Waals surface area contributed by atoms with E-state index in [4.69, 9.17) is 16.3 Å². The van der Waals surface area contributed by atoms with Gasteiger partial charge in [-0.05, 0) is 25.1 Å². The first-order valence-corrected chi connectivity index (χ1v) is 7.55. The molecule has 6 heteroatoms. The van der Waals surface area contributed by atoms with Crippen LogP contribution in [0.5, 0.6) is 0 Å². The maximum atomic E-state index is 11.7. The lowest BCUT2D eigenvalue weighted by molar-refractivity contribution is -0.140. The lowest BCUT2D eigenvalue weighted by Gasteiger charge is -2.09. The van der Waals surface area contributed by atoms with E-state index in [0.29, 0.717) is 11.4 Å². The van der Waals surface area contributed by atoms with E-state index in [1.165, 1.54) is 11.8 Å². The molecular formula is C14H13ClN2O2S. The predicted octanol–water partition coefficient (Wildman–Crippen LogP) is 3.32. The van der Waals surface area contributed by atoms with Crippen LogP contribution < -0.4 is 0 Å². The van der Waals surface area contributed by atoms with Crippen molar-refractivity contribution in [1.82, 2.24) is 9.55 Å². The number of thioether (sulfide) groups is 1. The summed E-state index contributed by atoms with van der Waals surface area (Å²) in [5.41, 5.74) is 0.928. The van der Waals surface area contributed by atoms with Crippen molar-refractivity contribution >= 4 is 29.3 Å². The van der Waals surface area contributed by atoms with E-state index in [9.17, 15) is 4.79 Å². The Labute approximate surface area is 126 Å². The highest BCUT2D eigenvalue weighted by molar-refractivity contribution is 8.00. The lowest BCUT2D eigenvalue weighted by atomic mass is 10.3. The van der Waals surface area contributed by atoms with E-state index in [1.807, 2.05) is 42.0 Å². The molecule has 0 N–H and O–H groups in total. The number of hydrogen-bond donors (Lipinski definition) is 0. The van der Waals surface area contributed by atoms with Gasteiger partial charge in [0.05, 0.1) is 0 Å². The van der Waals surface area contributed by atoms with Crippen LogP contribution in [0.1, 0.15) is 13.3 Å². The van der Waals surface area contributed by atoms with Crippen molar-refractivity contribution in [2.24, 2.45) is 0 Å². The maximum absolute atomic E-state index is 11.7. The molecule has 1 saturated heterocycles. The maximum Gasteiger partial charge on any atom is 0.319 e.